The van der Waals surface area contributed by atoms with E-state index in [4.69, 9.17) is 4.74 Å². The molecule has 0 spiro atoms. The summed E-state index contributed by atoms with van der Waals surface area (Å²) < 4.78 is 6.16. The van der Waals surface area contributed by atoms with Gasteiger partial charge in [0.05, 0.1) is 12.1 Å². The van der Waals surface area contributed by atoms with Crippen LogP contribution >= 0.6 is 0 Å². The summed E-state index contributed by atoms with van der Waals surface area (Å²) in [6.07, 6.45) is 6.32. The number of nitrogens with one attached hydrogen (secondary N) is 1. The van der Waals surface area contributed by atoms with Gasteiger partial charge in [-0.1, -0.05) is 17.7 Å². The fourth-order valence-electron chi connectivity index (χ4n) is 3.69. The Balaban J connectivity index is 1.79. The summed E-state index contributed by atoms with van der Waals surface area (Å²) in [7, 11) is 0. The fourth-order valence-corrected chi connectivity index (χ4v) is 3.69. The molecule has 1 fully saturated rings. The summed E-state index contributed by atoms with van der Waals surface area (Å²) in [6.45, 7) is 3.02. The topological polar surface area (TPSA) is 34.1 Å². The first-order chi connectivity index (χ1) is 10.3. The summed E-state index contributed by atoms with van der Waals surface area (Å²) in [4.78, 5) is 4.14. The normalized spacial score (nSPS) is 27.4. The van der Waals surface area contributed by atoms with E-state index >= 15 is 0 Å². The van der Waals surface area contributed by atoms with Crippen LogP contribution in [0.3, 0.4) is 0 Å². The molecule has 1 saturated heterocycles. The summed E-state index contributed by atoms with van der Waals surface area (Å²) in [5.74, 6) is 0.496. The molecule has 3 heterocycles. The standard InChI is InChI=1S/C18H20N2O/c1-12-4-5-16-15(11-12)18-14(3-2-10-21-18)17(20-16)13-6-8-19-9-7-13/h4-9,11,14,17-18,20H,2-3,10H2,1H3/t14-,17+,18+/m0/s1. The van der Waals surface area contributed by atoms with Crippen molar-refractivity contribution in [2.24, 2.45) is 5.92 Å². The fraction of sp³-hybridized carbons (Fsp3) is 0.389. The second-order valence-electron chi connectivity index (χ2n) is 6.09. The third-order valence-corrected chi connectivity index (χ3v) is 4.69. The number of aromatic nitrogens is 1. The van der Waals surface area contributed by atoms with Crippen LogP contribution in [0.1, 0.15) is 41.7 Å². The van der Waals surface area contributed by atoms with Gasteiger partial charge in [0.25, 0.3) is 0 Å². The lowest BCUT2D eigenvalue weighted by Crippen LogP contribution is -2.36. The summed E-state index contributed by atoms with van der Waals surface area (Å²) in [6, 6.07) is 11.2. The minimum Gasteiger partial charge on any atom is -0.378 e. The number of ether oxygens (including phenoxy) is 1. The van der Waals surface area contributed by atoms with E-state index in [1.54, 1.807) is 0 Å². The number of fused-ring (bicyclic) bond motifs is 3. The molecule has 21 heavy (non-hydrogen) atoms. The predicted molar refractivity (Wildman–Crippen MR) is 83.2 cm³/mol. The van der Waals surface area contributed by atoms with Crippen LogP contribution in [0.2, 0.25) is 0 Å². The van der Waals surface area contributed by atoms with Crippen LogP contribution < -0.4 is 5.32 Å². The minimum absolute atomic E-state index is 0.216. The molecule has 2 aromatic rings. The lowest BCUT2D eigenvalue weighted by Gasteiger charge is -2.43. The molecular weight excluding hydrogens is 260 g/mol. The van der Waals surface area contributed by atoms with E-state index in [1.807, 2.05) is 12.4 Å². The van der Waals surface area contributed by atoms with Gasteiger partial charge in [-0.05, 0) is 43.5 Å². The highest BCUT2D eigenvalue weighted by Crippen LogP contribution is 2.49. The predicted octanol–water partition coefficient (Wildman–Crippen LogP) is 4.02. The monoisotopic (exact) mass is 280 g/mol. The number of hydrogen-bond acceptors (Lipinski definition) is 3. The van der Waals surface area contributed by atoms with Crippen LogP contribution in [0.4, 0.5) is 5.69 Å². The van der Waals surface area contributed by atoms with E-state index in [0.29, 0.717) is 12.0 Å². The van der Waals surface area contributed by atoms with E-state index in [-0.39, 0.29) is 6.10 Å². The summed E-state index contributed by atoms with van der Waals surface area (Å²) >= 11 is 0. The van der Waals surface area contributed by atoms with Crippen molar-refractivity contribution in [3.8, 4) is 0 Å². The molecule has 0 bridgehead atoms. The maximum atomic E-state index is 6.16. The molecule has 3 heteroatoms. The van der Waals surface area contributed by atoms with Crippen molar-refractivity contribution in [1.82, 2.24) is 4.98 Å². The van der Waals surface area contributed by atoms with E-state index in [0.717, 1.165) is 13.0 Å². The highest BCUT2D eigenvalue weighted by Gasteiger charge is 2.39. The first-order valence-electron chi connectivity index (χ1n) is 7.71. The first-order valence-corrected chi connectivity index (χ1v) is 7.71. The third kappa shape index (κ3) is 2.22. The van der Waals surface area contributed by atoms with Crippen molar-refractivity contribution in [2.45, 2.75) is 31.9 Å². The molecule has 108 valence electrons. The van der Waals surface area contributed by atoms with E-state index in [1.165, 1.54) is 28.8 Å². The number of rotatable bonds is 1. The average Bonchev–Trinajstić information content (AvgIpc) is 2.55. The zero-order valence-electron chi connectivity index (χ0n) is 12.3. The highest BCUT2D eigenvalue weighted by molar-refractivity contribution is 5.58. The van der Waals surface area contributed by atoms with E-state index in [9.17, 15) is 0 Å². The maximum Gasteiger partial charge on any atom is 0.0895 e. The first kappa shape index (κ1) is 12.8. The quantitative estimate of drug-likeness (QED) is 0.856. The molecule has 1 aromatic carbocycles. The SMILES string of the molecule is Cc1ccc2c(c1)[C@@H]1OCCC[C@H]1[C@@H](c1ccncc1)N2. The Morgan fingerprint density at radius 3 is 2.90 bits per heavy atom. The van der Waals surface area contributed by atoms with Gasteiger partial charge in [-0.3, -0.25) is 4.98 Å². The van der Waals surface area contributed by atoms with Gasteiger partial charge in [-0.15, -0.1) is 0 Å². The van der Waals surface area contributed by atoms with Crippen molar-refractivity contribution in [1.29, 1.82) is 0 Å². The number of nitrogens with zero attached hydrogens (tertiary/aromatic N) is 1. The zero-order chi connectivity index (χ0) is 14.2. The van der Waals surface area contributed by atoms with Crippen LogP contribution in [-0.4, -0.2) is 11.6 Å². The molecule has 3 atom stereocenters. The molecule has 0 unspecified atom stereocenters. The van der Waals surface area contributed by atoms with Crippen molar-refractivity contribution in [2.75, 3.05) is 11.9 Å². The van der Waals surface area contributed by atoms with Gasteiger partial charge in [0.1, 0.15) is 0 Å². The highest BCUT2D eigenvalue weighted by atomic mass is 16.5. The smallest absolute Gasteiger partial charge is 0.0895 e. The van der Waals surface area contributed by atoms with Gasteiger partial charge in [0.15, 0.2) is 0 Å². The number of benzene rings is 1. The number of hydrogen-bond donors (Lipinski definition) is 1. The van der Waals surface area contributed by atoms with Gasteiger partial charge < -0.3 is 10.1 Å². The van der Waals surface area contributed by atoms with Crippen LogP contribution in [0.15, 0.2) is 42.7 Å². The largest absolute Gasteiger partial charge is 0.378 e. The Kier molecular flexibility index (Phi) is 3.15. The minimum atomic E-state index is 0.216. The van der Waals surface area contributed by atoms with E-state index < -0.39 is 0 Å². The van der Waals surface area contributed by atoms with Crippen LogP contribution in [0.25, 0.3) is 0 Å². The van der Waals surface area contributed by atoms with Gasteiger partial charge in [-0.2, -0.15) is 0 Å². The molecule has 2 aliphatic heterocycles. The van der Waals surface area contributed by atoms with Crippen LogP contribution in [-0.2, 0) is 4.74 Å². The number of pyridine rings is 1. The number of aryl methyl sites for hydroxylation is 1. The molecule has 0 amide bonds. The molecule has 0 radical (unpaired) electrons. The van der Waals surface area contributed by atoms with Crippen molar-refractivity contribution < 1.29 is 4.74 Å². The Morgan fingerprint density at radius 1 is 1.19 bits per heavy atom. The Labute approximate surface area is 125 Å². The Hall–Kier alpha value is -1.87. The molecular formula is C18H20N2O. The molecule has 1 aromatic heterocycles. The van der Waals surface area contributed by atoms with Crippen molar-refractivity contribution in [3.05, 3.63) is 59.4 Å². The second-order valence-corrected chi connectivity index (χ2v) is 6.09. The van der Waals surface area contributed by atoms with Gasteiger partial charge in [-0.25, -0.2) is 0 Å². The summed E-state index contributed by atoms with van der Waals surface area (Å²) in [5, 5.41) is 3.73. The van der Waals surface area contributed by atoms with Gasteiger partial charge in [0, 0.05) is 36.2 Å². The lowest BCUT2D eigenvalue weighted by atomic mass is 9.77. The zero-order valence-corrected chi connectivity index (χ0v) is 12.3. The molecule has 2 aliphatic rings. The Morgan fingerprint density at radius 2 is 2.05 bits per heavy atom. The Bertz CT molecular complexity index is 641. The van der Waals surface area contributed by atoms with Gasteiger partial charge in [0.2, 0.25) is 0 Å². The lowest BCUT2D eigenvalue weighted by molar-refractivity contribution is -0.0381. The van der Waals surface area contributed by atoms with E-state index in [2.05, 4.69) is 47.6 Å². The van der Waals surface area contributed by atoms with Crippen LogP contribution in [0, 0.1) is 12.8 Å². The second kappa shape index (κ2) is 5.15. The third-order valence-electron chi connectivity index (χ3n) is 4.69. The van der Waals surface area contributed by atoms with Crippen molar-refractivity contribution in [3.63, 3.8) is 0 Å². The van der Waals surface area contributed by atoms with Crippen molar-refractivity contribution >= 4 is 5.69 Å². The summed E-state index contributed by atoms with van der Waals surface area (Å²) in [5.41, 5.74) is 5.14. The molecule has 1 N–H and O–H groups in total. The molecule has 0 saturated carbocycles. The maximum absolute atomic E-state index is 6.16. The molecule has 0 aliphatic carbocycles. The van der Waals surface area contributed by atoms with Crippen LogP contribution in [0.5, 0.6) is 0 Å². The van der Waals surface area contributed by atoms with Gasteiger partial charge >= 0.3 is 0 Å². The molecule has 3 nitrogen and oxygen atoms in total. The molecule has 4 rings (SSSR count). The number of anilines is 1. The average molecular weight is 280 g/mol.